The number of amides is 2. The summed E-state index contributed by atoms with van der Waals surface area (Å²) in [4.78, 5) is 24.4. The molecule has 0 aromatic carbocycles. The highest BCUT2D eigenvalue weighted by Gasteiger charge is 2.39. The van der Waals surface area contributed by atoms with Crippen molar-refractivity contribution in [2.24, 2.45) is 0 Å². The van der Waals surface area contributed by atoms with Gasteiger partial charge in [0.15, 0.2) is 0 Å². The van der Waals surface area contributed by atoms with Crippen molar-refractivity contribution in [2.45, 2.75) is 33.2 Å². The number of hydrogen-bond acceptors (Lipinski definition) is 2. The molecule has 1 heterocycles. The smallest absolute Gasteiger partial charge is 0.284 e. The molecule has 0 bridgehead atoms. The fraction of sp³-hybridized carbons (Fsp3) is 0.500. The van der Waals surface area contributed by atoms with Crippen LogP contribution in [0.3, 0.4) is 0 Å². The second-order valence-corrected chi connectivity index (χ2v) is 5.58. The van der Waals surface area contributed by atoms with E-state index in [4.69, 9.17) is 0 Å². The lowest BCUT2D eigenvalue weighted by molar-refractivity contribution is -0.118. The molecular weight excluding hydrogens is 331 g/mol. The van der Waals surface area contributed by atoms with Crippen molar-refractivity contribution in [3.63, 3.8) is 0 Å². The molecule has 94 valence electrons. The van der Waals surface area contributed by atoms with Crippen LogP contribution in [-0.2, 0) is 4.79 Å². The Balaban J connectivity index is 3.03. The number of nitrogens with zero attached hydrogens (tertiary/aromatic N) is 1. The van der Waals surface area contributed by atoms with E-state index in [1.54, 1.807) is 27.5 Å². The predicted octanol–water partition coefficient (Wildman–Crippen LogP) is 2.60. The van der Waals surface area contributed by atoms with Crippen LogP contribution in [0, 0.1) is 0 Å². The predicted molar refractivity (Wildman–Crippen MR) is 75.9 cm³/mol. The minimum absolute atomic E-state index is 0.00225. The van der Waals surface area contributed by atoms with Gasteiger partial charge in [-0.05, 0) is 31.9 Å². The van der Waals surface area contributed by atoms with Crippen molar-refractivity contribution in [3.05, 3.63) is 23.4 Å². The fourth-order valence-electron chi connectivity index (χ4n) is 1.94. The highest BCUT2D eigenvalue weighted by molar-refractivity contribution is 14.1. The molecule has 1 rings (SSSR count). The third-order valence-electron chi connectivity index (χ3n) is 3.26. The minimum Gasteiger partial charge on any atom is -0.327 e. The average molecular weight is 348 g/mol. The molecule has 0 spiro atoms. The van der Waals surface area contributed by atoms with Crippen LogP contribution in [0.25, 0.3) is 0 Å². The maximum absolute atomic E-state index is 11.6. The molecule has 0 radical (unpaired) electrons. The van der Waals surface area contributed by atoms with Crippen molar-refractivity contribution in [1.82, 2.24) is 10.2 Å². The monoisotopic (exact) mass is 348 g/mol. The first-order valence-corrected chi connectivity index (χ1v) is 6.40. The Morgan fingerprint density at radius 3 is 2.35 bits per heavy atom. The molecule has 0 unspecified atom stereocenters. The van der Waals surface area contributed by atoms with Crippen molar-refractivity contribution in [2.75, 3.05) is 6.54 Å². The van der Waals surface area contributed by atoms with Gasteiger partial charge < -0.3 is 10.2 Å². The van der Waals surface area contributed by atoms with E-state index in [0.717, 1.165) is 11.1 Å². The number of carbonyl (C=O) groups excluding carboxylic acids is 2. The van der Waals surface area contributed by atoms with Crippen LogP contribution in [-0.4, -0.2) is 26.8 Å². The standard InChI is InChI=1S/C12H17IN2O2/c1-7-10(8(2)14-9(3)16)6-15(11(13)17)12(7,4)5/h2,6H2,1,3-5H3,(H,14,16). The second-order valence-electron chi connectivity index (χ2n) is 4.66. The van der Waals surface area contributed by atoms with Crippen LogP contribution in [0.4, 0.5) is 4.79 Å². The van der Waals surface area contributed by atoms with E-state index in [1.165, 1.54) is 6.92 Å². The van der Waals surface area contributed by atoms with E-state index in [1.807, 2.05) is 20.8 Å². The first-order chi connectivity index (χ1) is 7.67. The van der Waals surface area contributed by atoms with Gasteiger partial charge in [-0.2, -0.15) is 0 Å². The molecule has 0 aliphatic carbocycles. The molecular formula is C12H17IN2O2. The van der Waals surface area contributed by atoms with Gasteiger partial charge in [-0.3, -0.25) is 9.59 Å². The molecule has 0 atom stereocenters. The maximum atomic E-state index is 11.6. The van der Waals surface area contributed by atoms with Crippen LogP contribution in [0.5, 0.6) is 0 Å². The third kappa shape index (κ3) is 2.70. The van der Waals surface area contributed by atoms with Crippen molar-refractivity contribution >= 4 is 32.4 Å². The van der Waals surface area contributed by atoms with Crippen molar-refractivity contribution in [3.8, 4) is 0 Å². The molecule has 0 fully saturated rings. The van der Waals surface area contributed by atoms with Gasteiger partial charge >= 0.3 is 0 Å². The zero-order chi connectivity index (χ0) is 13.4. The Hall–Kier alpha value is -0.850. The highest BCUT2D eigenvalue weighted by atomic mass is 127. The van der Waals surface area contributed by atoms with Gasteiger partial charge in [-0.25, -0.2) is 0 Å². The van der Waals surface area contributed by atoms with E-state index in [0.29, 0.717) is 12.2 Å². The van der Waals surface area contributed by atoms with E-state index in [2.05, 4.69) is 11.9 Å². The number of carbonyl (C=O) groups is 2. The molecule has 0 saturated carbocycles. The van der Waals surface area contributed by atoms with E-state index < -0.39 is 0 Å². The topological polar surface area (TPSA) is 49.4 Å². The van der Waals surface area contributed by atoms with E-state index in [9.17, 15) is 9.59 Å². The summed E-state index contributed by atoms with van der Waals surface area (Å²) in [7, 11) is 0. The number of nitrogens with one attached hydrogen (secondary N) is 1. The van der Waals surface area contributed by atoms with E-state index >= 15 is 0 Å². The lowest BCUT2D eigenvalue weighted by Crippen LogP contribution is -2.41. The van der Waals surface area contributed by atoms with Crippen LogP contribution in [0.15, 0.2) is 23.4 Å². The van der Waals surface area contributed by atoms with Crippen LogP contribution < -0.4 is 5.32 Å². The van der Waals surface area contributed by atoms with Gasteiger partial charge in [-0.15, -0.1) is 0 Å². The molecule has 0 saturated heterocycles. The SMILES string of the molecule is C=C(NC(C)=O)C1=C(C)C(C)(C)N(C(=O)I)C1. The Bertz CT molecular complexity index is 424. The Labute approximate surface area is 115 Å². The lowest BCUT2D eigenvalue weighted by Gasteiger charge is -2.31. The largest absolute Gasteiger partial charge is 0.327 e. The van der Waals surface area contributed by atoms with Gasteiger partial charge in [0.1, 0.15) is 0 Å². The second kappa shape index (κ2) is 4.80. The first kappa shape index (κ1) is 14.2. The molecule has 2 amide bonds. The molecule has 1 aliphatic heterocycles. The Kier molecular flexibility index (Phi) is 4.01. The quantitative estimate of drug-likeness (QED) is 0.474. The number of halogens is 1. The average Bonchev–Trinajstić information content (AvgIpc) is 2.37. The Morgan fingerprint density at radius 1 is 1.47 bits per heavy atom. The summed E-state index contributed by atoms with van der Waals surface area (Å²) >= 11 is 1.78. The molecule has 0 aromatic heterocycles. The summed E-state index contributed by atoms with van der Waals surface area (Å²) in [6.45, 7) is 11.8. The molecule has 0 aromatic rings. The first-order valence-electron chi connectivity index (χ1n) is 5.32. The van der Waals surface area contributed by atoms with Gasteiger partial charge in [0.05, 0.1) is 5.54 Å². The normalized spacial score (nSPS) is 18.3. The summed E-state index contributed by atoms with van der Waals surface area (Å²) in [6, 6.07) is 0. The summed E-state index contributed by atoms with van der Waals surface area (Å²) in [5, 5.41) is 2.68. The molecule has 5 heteroatoms. The Morgan fingerprint density at radius 2 is 2.00 bits per heavy atom. The molecule has 4 nitrogen and oxygen atoms in total. The van der Waals surface area contributed by atoms with Gasteiger partial charge in [0.25, 0.3) is 3.91 Å². The van der Waals surface area contributed by atoms with Crippen LogP contribution in [0.1, 0.15) is 27.7 Å². The van der Waals surface area contributed by atoms with Gasteiger partial charge in [0.2, 0.25) is 5.91 Å². The molecule has 1 aliphatic rings. The summed E-state index contributed by atoms with van der Waals surface area (Å²) < 4.78 is -0.00225. The van der Waals surface area contributed by atoms with Gasteiger partial charge in [0, 0.05) is 41.8 Å². The molecule has 1 N–H and O–H groups in total. The van der Waals surface area contributed by atoms with Crippen molar-refractivity contribution in [1.29, 1.82) is 0 Å². The van der Waals surface area contributed by atoms with Crippen molar-refractivity contribution < 1.29 is 9.59 Å². The van der Waals surface area contributed by atoms with Gasteiger partial charge in [-0.1, -0.05) is 6.58 Å². The van der Waals surface area contributed by atoms with Crippen LogP contribution in [0.2, 0.25) is 0 Å². The molecule has 17 heavy (non-hydrogen) atoms. The lowest BCUT2D eigenvalue weighted by atomic mass is 9.94. The number of hydrogen-bond donors (Lipinski definition) is 1. The fourth-order valence-corrected chi connectivity index (χ4v) is 2.71. The van der Waals surface area contributed by atoms with E-state index in [-0.39, 0.29) is 15.4 Å². The third-order valence-corrected chi connectivity index (χ3v) is 3.85. The zero-order valence-corrected chi connectivity index (χ0v) is 12.7. The summed E-state index contributed by atoms with van der Waals surface area (Å²) in [5.41, 5.74) is 2.27. The number of rotatable bonds is 2. The minimum atomic E-state index is -0.324. The zero-order valence-electron chi connectivity index (χ0n) is 10.6. The van der Waals surface area contributed by atoms with Crippen LogP contribution >= 0.6 is 22.6 Å². The summed E-state index contributed by atoms with van der Waals surface area (Å²) in [6.07, 6.45) is 0. The summed E-state index contributed by atoms with van der Waals surface area (Å²) in [5.74, 6) is -0.146. The maximum Gasteiger partial charge on any atom is 0.284 e. The highest BCUT2D eigenvalue weighted by Crippen LogP contribution is 2.37.